The number of esters is 1. The lowest BCUT2D eigenvalue weighted by atomic mass is 10.1. The van der Waals surface area contributed by atoms with E-state index in [1.807, 2.05) is 30.3 Å². The average molecular weight is 531 g/mol. The van der Waals surface area contributed by atoms with Crippen molar-refractivity contribution in [2.45, 2.75) is 0 Å². The SMILES string of the molecule is O=C(COC(=O)c1nc(-c2ccccc2)n(-c2ccc(Cl)c(Cl)c2)n1)c1ccc(Br)cc1. The molecule has 0 fully saturated rings. The average Bonchev–Trinajstić information content (AvgIpc) is 3.26. The first-order chi connectivity index (χ1) is 15.4. The second-order valence-electron chi connectivity index (χ2n) is 6.64. The van der Waals surface area contributed by atoms with E-state index in [1.54, 1.807) is 42.5 Å². The maximum atomic E-state index is 12.6. The number of benzene rings is 3. The number of aromatic nitrogens is 3. The number of halogens is 3. The fourth-order valence-corrected chi connectivity index (χ4v) is 3.44. The van der Waals surface area contributed by atoms with E-state index in [0.717, 1.165) is 10.0 Å². The molecule has 4 aromatic rings. The number of hydrogen-bond acceptors (Lipinski definition) is 5. The van der Waals surface area contributed by atoms with Crippen molar-refractivity contribution in [3.05, 3.63) is 98.7 Å². The quantitative estimate of drug-likeness (QED) is 0.224. The number of rotatable bonds is 6. The number of carbonyl (C=O) groups is 2. The van der Waals surface area contributed by atoms with Crippen molar-refractivity contribution in [2.75, 3.05) is 6.61 Å². The maximum Gasteiger partial charge on any atom is 0.378 e. The molecule has 160 valence electrons. The second kappa shape index (κ2) is 9.65. The van der Waals surface area contributed by atoms with Gasteiger partial charge in [-0.25, -0.2) is 14.5 Å². The Kier molecular flexibility index (Phi) is 6.69. The number of carbonyl (C=O) groups excluding carboxylic acids is 2. The van der Waals surface area contributed by atoms with Gasteiger partial charge in [0.15, 0.2) is 18.2 Å². The Bertz CT molecular complexity index is 1290. The van der Waals surface area contributed by atoms with E-state index in [0.29, 0.717) is 27.1 Å². The van der Waals surface area contributed by atoms with E-state index >= 15 is 0 Å². The van der Waals surface area contributed by atoms with E-state index in [4.69, 9.17) is 27.9 Å². The fourth-order valence-electron chi connectivity index (χ4n) is 2.88. The lowest BCUT2D eigenvalue weighted by molar-refractivity contribution is 0.0462. The van der Waals surface area contributed by atoms with Gasteiger partial charge >= 0.3 is 5.97 Å². The molecule has 3 aromatic carbocycles. The summed E-state index contributed by atoms with van der Waals surface area (Å²) in [5, 5.41) is 5.03. The zero-order chi connectivity index (χ0) is 22.7. The summed E-state index contributed by atoms with van der Waals surface area (Å²) in [5.41, 5.74) is 1.73. The third-order valence-electron chi connectivity index (χ3n) is 4.47. The predicted molar refractivity (Wildman–Crippen MR) is 126 cm³/mol. The first kappa shape index (κ1) is 22.2. The molecule has 1 heterocycles. The number of ether oxygens (including phenoxy) is 1. The van der Waals surface area contributed by atoms with Gasteiger partial charge < -0.3 is 4.74 Å². The zero-order valence-corrected chi connectivity index (χ0v) is 19.4. The van der Waals surface area contributed by atoms with Crippen LogP contribution in [0.5, 0.6) is 0 Å². The summed E-state index contributed by atoms with van der Waals surface area (Å²) in [7, 11) is 0. The topological polar surface area (TPSA) is 74.1 Å². The van der Waals surface area contributed by atoms with Gasteiger partial charge in [0.25, 0.3) is 5.82 Å². The standard InChI is InChI=1S/C23H14BrCl2N3O3/c24-16-8-6-14(7-9-16)20(30)13-32-23(31)21-27-22(15-4-2-1-3-5-15)29(28-21)17-10-11-18(25)19(26)12-17/h1-12H,13H2. The Morgan fingerprint density at radius 2 is 1.66 bits per heavy atom. The van der Waals surface area contributed by atoms with Gasteiger partial charge in [-0.2, -0.15) is 0 Å². The smallest absolute Gasteiger partial charge is 0.378 e. The molecular weight excluding hydrogens is 517 g/mol. The van der Waals surface area contributed by atoms with Gasteiger partial charge in [-0.05, 0) is 30.3 Å². The first-order valence-electron chi connectivity index (χ1n) is 9.36. The molecule has 0 N–H and O–H groups in total. The Balaban J connectivity index is 1.61. The summed E-state index contributed by atoms with van der Waals surface area (Å²) in [6, 6.07) is 21.0. The molecule has 0 unspecified atom stereocenters. The van der Waals surface area contributed by atoms with Crippen LogP contribution in [0.1, 0.15) is 21.0 Å². The number of nitrogens with zero attached hydrogens (tertiary/aromatic N) is 3. The molecule has 0 saturated heterocycles. The summed E-state index contributed by atoms with van der Waals surface area (Å²) in [6.45, 7) is -0.428. The van der Waals surface area contributed by atoms with Crippen molar-refractivity contribution in [1.82, 2.24) is 14.8 Å². The van der Waals surface area contributed by atoms with Crippen molar-refractivity contribution in [3.63, 3.8) is 0 Å². The van der Waals surface area contributed by atoms with E-state index in [2.05, 4.69) is 26.0 Å². The lowest BCUT2D eigenvalue weighted by Crippen LogP contribution is -2.15. The van der Waals surface area contributed by atoms with Crippen LogP contribution in [0.4, 0.5) is 0 Å². The van der Waals surface area contributed by atoms with Crippen LogP contribution in [0, 0.1) is 0 Å². The highest BCUT2D eigenvalue weighted by Crippen LogP contribution is 2.27. The van der Waals surface area contributed by atoms with Crippen LogP contribution < -0.4 is 0 Å². The van der Waals surface area contributed by atoms with Crippen molar-refractivity contribution in [2.24, 2.45) is 0 Å². The molecule has 0 aliphatic rings. The fraction of sp³-hybridized carbons (Fsp3) is 0.0435. The lowest BCUT2D eigenvalue weighted by Gasteiger charge is -2.07. The van der Waals surface area contributed by atoms with E-state index < -0.39 is 12.6 Å². The van der Waals surface area contributed by atoms with Crippen LogP contribution in [0.25, 0.3) is 17.1 Å². The summed E-state index contributed by atoms with van der Waals surface area (Å²) in [6.07, 6.45) is 0. The molecule has 9 heteroatoms. The van der Waals surface area contributed by atoms with Gasteiger partial charge in [-0.15, -0.1) is 5.10 Å². The van der Waals surface area contributed by atoms with Crippen molar-refractivity contribution < 1.29 is 14.3 Å². The van der Waals surface area contributed by atoms with Crippen LogP contribution >= 0.6 is 39.1 Å². The minimum Gasteiger partial charge on any atom is -0.451 e. The number of hydrogen-bond donors (Lipinski definition) is 0. The van der Waals surface area contributed by atoms with Gasteiger partial charge in [0, 0.05) is 15.6 Å². The Labute approximate surface area is 201 Å². The van der Waals surface area contributed by atoms with Crippen LogP contribution in [0.3, 0.4) is 0 Å². The highest BCUT2D eigenvalue weighted by atomic mass is 79.9. The molecule has 0 spiro atoms. The minimum absolute atomic E-state index is 0.182. The Morgan fingerprint density at radius 3 is 2.34 bits per heavy atom. The molecule has 6 nitrogen and oxygen atoms in total. The molecule has 1 aromatic heterocycles. The first-order valence-corrected chi connectivity index (χ1v) is 10.9. The number of ketones is 1. The van der Waals surface area contributed by atoms with Crippen LogP contribution in [0.2, 0.25) is 10.0 Å². The normalized spacial score (nSPS) is 10.7. The van der Waals surface area contributed by atoms with Crippen molar-refractivity contribution in [1.29, 1.82) is 0 Å². The third-order valence-corrected chi connectivity index (χ3v) is 5.74. The zero-order valence-electron chi connectivity index (χ0n) is 16.3. The minimum atomic E-state index is -0.813. The van der Waals surface area contributed by atoms with Gasteiger partial charge in [-0.3, -0.25) is 4.79 Å². The summed E-state index contributed by atoms with van der Waals surface area (Å²) in [4.78, 5) is 29.3. The Morgan fingerprint density at radius 1 is 0.938 bits per heavy atom. The van der Waals surface area contributed by atoms with Gasteiger partial charge in [0.2, 0.25) is 0 Å². The molecule has 0 radical (unpaired) electrons. The molecule has 32 heavy (non-hydrogen) atoms. The molecule has 0 atom stereocenters. The van der Waals surface area contributed by atoms with E-state index in [1.165, 1.54) is 4.68 Å². The predicted octanol–water partition coefficient (Wildman–Crippen LogP) is 6.04. The molecule has 0 bridgehead atoms. The molecule has 0 saturated carbocycles. The van der Waals surface area contributed by atoms with Crippen LogP contribution in [0.15, 0.2) is 77.3 Å². The van der Waals surface area contributed by atoms with Gasteiger partial charge in [0.05, 0.1) is 15.7 Å². The molecule has 0 aliphatic heterocycles. The molecule has 0 amide bonds. The molecule has 0 aliphatic carbocycles. The van der Waals surface area contributed by atoms with Crippen LogP contribution in [-0.4, -0.2) is 33.1 Å². The third kappa shape index (κ3) is 4.91. The van der Waals surface area contributed by atoms with Crippen LogP contribution in [-0.2, 0) is 4.74 Å². The highest BCUT2D eigenvalue weighted by Gasteiger charge is 2.21. The maximum absolute atomic E-state index is 12.6. The number of Topliss-reactive ketones (excluding diaryl/α,β-unsaturated/α-hetero) is 1. The molecule has 4 rings (SSSR count). The largest absolute Gasteiger partial charge is 0.451 e. The molecular formula is C23H14BrCl2N3O3. The van der Waals surface area contributed by atoms with E-state index in [-0.39, 0.29) is 11.6 Å². The van der Waals surface area contributed by atoms with E-state index in [9.17, 15) is 9.59 Å². The summed E-state index contributed by atoms with van der Waals surface area (Å²) >= 11 is 15.5. The van der Waals surface area contributed by atoms with Gasteiger partial charge in [-0.1, -0.05) is 81.6 Å². The summed E-state index contributed by atoms with van der Waals surface area (Å²) in [5.74, 6) is -0.918. The second-order valence-corrected chi connectivity index (χ2v) is 8.37. The monoisotopic (exact) mass is 529 g/mol. The van der Waals surface area contributed by atoms with Crippen molar-refractivity contribution >= 4 is 50.9 Å². The highest BCUT2D eigenvalue weighted by molar-refractivity contribution is 9.10. The van der Waals surface area contributed by atoms with Gasteiger partial charge in [0.1, 0.15) is 0 Å². The Hall–Kier alpha value is -3.00. The van der Waals surface area contributed by atoms with Crippen molar-refractivity contribution in [3.8, 4) is 17.1 Å². The summed E-state index contributed by atoms with van der Waals surface area (Å²) < 4.78 is 7.49.